The monoisotopic (exact) mass is 285 g/mol. The van der Waals surface area contributed by atoms with Gasteiger partial charge < -0.3 is 4.74 Å². The highest BCUT2D eigenvalue weighted by atomic mass is 16.5. The maximum absolute atomic E-state index is 5.79. The molecule has 1 aromatic carbocycles. The van der Waals surface area contributed by atoms with E-state index in [0.29, 0.717) is 6.04 Å². The first-order valence-corrected chi connectivity index (χ1v) is 8.36. The Kier molecular flexibility index (Phi) is 5.10. The van der Waals surface area contributed by atoms with Crippen LogP contribution in [-0.2, 0) is 11.3 Å². The molecule has 2 nitrogen and oxygen atoms in total. The van der Waals surface area contributed by atoms with Crippen LogP contribution in [0.3, 0.4) is 0 Å². The van der Waals surface area contributed by atoms with Crippen LogP contribution in [0.1, 0.15) is 44.1 Å². The van der Waals surface area contributed by atoms with Crippen molar-refractivity contribution in [1.82, 2.24) is 4.90 Å². The van der Waals surface area contributed by atoms with Crippen molar-refractivity contribution in [3.63, 3.8) is 0 Å². The largest absolute Gasteiger partial charge is 0.377 e. The minimum atomic E-state index is 0.706. The third-order valence-electron chi connectivity index (χ3n) is 4.96. The van der Waals surface area contributed by atoms with E-state index in [4.69, 9.17) is 4.74 Å². The van der Waals surface area contributed by atoms with E-state index in [-0.39, 0.29) is 0 Å². The maximum atomic E-state index is 5.79. The first-order chi connectivity index (χ1) is 10.3. The Balaban J connectivity index is 1.38. The quantitative estimate of drug-likeness (QED) is 0.574. The zero-order chi connectivity index (χ0) is 14.5. The Morgan fingerprint density at radius 1 is 1.19 bits per heavy atom. The number of rotatable bonds is 6. The SMILES string of the molecule is CN1C2C=C(CCCOCc3ccccc3)CC1CCC2. The summed E-state index contributed by atoms with van der Waals surface area (Å²) in [5.41, 5.74) is 2.94. The Labute approximate surface area is 128 Å². The summed E-state index contributed by atoms with van der Waals surface area (Å²) in [6, 6.07) is 11.9. The van der Waals surface area contributed by atoms with Gasteiger partial charge in [-0.2, -0.15) is 0 Å². The van der Waals surface area contributed by atoms with E-state index in [1.807, 2.05) is 6.07 Å². The van der Waals surface area contributed by atoms with E-state index in [9.17, 15) is 0 Å². The van der Waals surface area contributed by atoms with Crippen molar-refractivity contribution in [2.24, 2.45) is 0 Å². The van der Waals surface area contributed by atoms with Gasteiger partial charge in [-0.1, -0.05) is 48.4 Å². The van der Waals surface area contributed by atoms with Gasteiger partial charge in [0.05, 0.1) is 6.61 Å². The molecule has 3 rings (SSSR count). The van der Waals surface area contributed by atoms with Crippen LogP contribution in [0.2, 0.25) is 0 Å². The molecule has 2 bridgehead atoms. The molecule has 0 saturated carbocycles. The number of ether oxygens (including phenoxy) is 1. The van der Waals surface area contributed by atoms with Crippen molar-refractivity contribution in [2.45, 2.75) is 57.2 Å². The summed E-state index contributed by atoms with van der Waals surface area (Å²) in [6.07, 6.45) is 10.3. The Morgan fingerprint density at radius 3 is 2.86 bits per heavy atom. The summed E-state index contributed by atoms with van der Waals surface area (Å²) in [6.45, 7) is 1.62. The number of hydrogen-bond donors (Lipinski definition) is 0. The van der Waals surface area contributed by atoms with Gasteiger partial charge in [0.2, 0.25) is 0 Å². The molecule has 2 aliphatic heterocycles. The van der Waals surface area contributed by atoms with Crippen LogP contribution in [0, 0.1) is 0 Å². The molecule has 0 aromatic heterocycles. The van der Waals surface area contributed by atoms with E-state index in [0.717, 1.165) is 25.7 Å². The zero-order valence-corrected chi connectivity index (χ0v) is 13.1. The van der Waals surface area contributed by atoms with E-state index in [1.54, 1.807) is 5.57 Å². The highest BCUT2D eigenvalue weighted by molar-refractivity contribution is 5.16. The number of likely N-dealkylation sites (N-methyl/N-ethyl adjacent to an activating group) is 1. The number of nitrogens with zero attached hydrogens (tertiary/aromatic N) is 1. The molecule has 1 aromatic rings. The van der Waals surface area contributed by atoms with Crippen LogP contribution < -0.4 is 0 Å². The van der Waals surface area contributed by atoms with E-state index in [1.165, 1.54) is 37.7 Å². The summed E-state index contributed by atoms with van der Waals surface area (Å²) in [5.74, 6) is 0. The second-order valence-electron chi connectivity index (χ2n) is 6.49. The smallest absolute Gasteiger partial charge is 0.0716 e. The van der Waals surface area contributed by atoms with Gasteiger partial charge in [0.15, 0.2) is 0 Å². The third-order valence-corrected chi connectivity index (χ3v) is 4.96. The lowest BCUT2D eigenvalue weighted by atomic mass is 9.84. The van der Waals surface area contributed by atoms with Crippen molar-refractivity contribution >= 4 is 0 Å². The Hall–Kier alpha value is -1.12. The molecule has 2 atom stereocenters. The van der Waals surface area contributed by atoms with Crippen molar-refractivity contribution in [3.05, 3.63) is 47.5 Å². The average molecular weight is 285 g/mol. The van der Waals surface area contributed by atoms with Crippen LogP contribution in [0.15, 0.2) is 42.0 Å². The molecule has 0 radical (unpaired) electrons. The van der Waals surface area contributed by atoms with E-state index >= 15 is 0 Å². The first kappa shape index (κ1) is 14.8. The lowest BCUT2D eigenvalue weighted by molar-refractivity contribution is 0.113. The summed E-state index contributed by atoms with van der Waals surface area (Å²) >= 11 is 0. The molecule has 0 spiro atoms. The predicted octanol–water partition coefficient (Wildman–Crippen LogP) is 4.17. The normalized spacial score (nSPS) is 25.7. The fourth-order valence-corrected chi connectivity index (χ4v) is 3.68. The van der Waals surface area contributed by atoms with Crippen molar-refractivity contribution in [1.29, 1.82) is 0 Å². The Bertz CT molecular complexity index is 468. The van der Waals surface area contributed by atoms with Crippen molar-refractivity contribution < 1.29 is 4.74 Å². The summed E-state index contributed by atoms with van der Waals surface area (Å²) < 4.78 is 5.79. The molecular formula is C19H27NO. The standard InChI is InChI=1S/C19H27NO/c1-20-18-10-5-11-19(20)14-17(13-18)9-6-12-21-15-16-7-3-2-4-8-16/h2-4,7-8,13,18-19H,5-6,9-12,14-15H2,1H3. The molecule has 2 aliphatic rings. The fraction of sp³-hybridized carbons (Fsp3) is 0.579. The van der Waals surface area contributed by atoms with Gasteiger partial charge in [0.25, 0.3) is 0 Å². The number of piperidine rings is 1. The molecule has 1 fully saturated rings. The molecule has 0 aliphatic carbocycles. The van der Waals surface area contributed by atoms with Gasteiger partial charge >= 0.3 is 0 Å². The fourth-order valence-electron chi connectivity index (χ4n) is 3.68. The van der Waals surface area contributed by atoms with Crippen LogP contribution in [0.4, 0.5) is 0 Å². The highest BCUT2D eigenvalue weighted by Crippen LogP contribution is 2.33. The molecule has 0 N–H and O–H groups in total. The van der Waals surface area contributed by atoms with Gasteiger partial charge in [-0.25, -0.2) is 0 Å². The average Bonchev–Trinajstić information content (AvgIpc) is 2.49. The molecule has 1 saturated heterocycles. The highest BCUT2D eigenvalue weighted by Gasteiger charge is 2.30. The van der Waals surface area contributed by atoms with Crippen LogP contribution in [0.5, 0.6) is 0 Å². The second-order valence-corrected chi connectivity index (χ2v) is 6.49. The van der Waals surface area contributed by atoms with Gasteiger partial charge in [0, 0.05) is 18.7 Å². The van der Waals surface area contributed by atoms with E-state index in [2.05, 4.69) is 42.3 Å². The topological polar surface area (TPSA) is 12.5 Å². The number of hydrogen-bond acceptors (Lipinski definition) is 2. The van der Waals surface area contributed by atoms with Gasteiger partial charge in [-0.3, -0.25) is 4.90 Å². The summed E-state index contributed by atoms with van der Waals surface area (Å²) in [7, 11) is 2.30. The number of fused-ring (bicyclic) bond motifs is 2. The maximum Gasteiger partial charge on any atom is 0.0716 e. The molecule has 2 heterocycles. The minimum Gasteiger partial charge on any atom is -0.377 e. The van der Waals surface area contributed by atoms with Gasteiger partial charge in [0.1, 0.15) is 0 Å². The van der Waals surface area contributed by atoms with Crippen LogP contribution in [-0.4, -0.2) is 30.6 Å². The van der Waals surface area contributed by atoms with Crippen LogP contribution >= 0.6 is 0 Å². The summed E-state index contributed by atoms with van der Waals surface area (Å²) in [4.78, 5) is 2.58. The van der Waals surface area contributed by atoms with Crippen LogP contribution in [0.25, 0.3) is 0 Å². The molecule has 2 heteroatoms. The van der Waals surface area contributed by atoms with Gasteiger partial charge in [-0.05, 0) is 44.7 Å². The molecule has 2 unspecified atom stereocenters. The molecule has 0 amide bonds. The number of benzene rings is 1. The Morgan fingerprint density at radius 2 is 2.05 bits per heavy atom. The first-order valence-electron chi connectivity index (χ1n) is 8.36. The molecule has 21 heavy (non-hydrogen) atoms. The molecule has 114 valence electrons. The zero-order valence-electron chi connectivity index (χ0n) is 13.1. The van der Waals surface area contributed by atoms with E-state index < -0.39 is 0 Å². The van der Waals surface area contributed by atoms with Gasteiger partial charge in [-0.15, -0.1) is 0 Å². The third kappa shape index (κ3) is 3.96. The minimum absolute atomic E-state index is 0.706. The van der Waals surface area contributed by atoms with Crippen molar-refractivity contribution in [2.75, 3.05) is 13.7 Å². The summed E-state index contributed by atoms with van der Waals surface area (Å²) in [5, 5.41) is 0. The van der Waals surface area contributed by atoms with Crippen molar-refractivity contribution in [3.8, 4) is 0 Å². The second kappa shape index (κ2) is 7.24. The lowest BCUT2D eigenvalue weighted by Crippen LogP contribution is -2.45. The lowest BCUT2D eigenvalue weighted by Gasteiger charge is -2.42. The predicted molar refractivity (Wildman–Crippen MR) is 87.2 cm³/mol. The molecular weight excluding hydrogens is 258 g/mol.